The minimum Gasteiger partial charge on any atom is -0.463 e. The first-order valence-corrected chi connectivity index (χ1v) is 14.3. The van der Waals surface area contributed by atoms with Gasteiger partial charge in [-0.25, -0.2) is 4.68 Å². The highest BCUT2D eigenvalue weighted by molar-refractivity contribution is 6.35. The minimum absolute atomic E-state index is 0.0146. The number of rotatable bonds is 9. The third-order valence-electron chi connectivity index (χ3n) is 7.05. The Bertz CT molecular complexity index is 1670. The third-order valence-corrected chi connectivity index (χ3v) is 7.05. The fourth-order valence-electron chi connectivity index (χ4n) is 5.30. The quantitative estimate of drug-likeness (QED) is 0.190. The summed E-state index contributed by atoms with van der Waals surface area (Å²) in [5.74, 6) is -3.15. The van der Waals surface area contributed by atoms with E-state index in [2.05, 4.69) is 15.3 Å². The highest BCUT2D eigenvalue weighted by Gasteiger charge is 2.53. The average Bonchev–Trinajstić information content (AvgIpc) is 3.57. The second kappa shape index (κ2) is 13.7. The molecule has 0 spiro atoms. The number of fused-ring (bicyclic) bond motifs is 1. The maximum absolute atomic E-state index is 13.7. The molecule has 2 aliphatic heterocycles. The summed E-state index contributed by atoms with van der Waals surface area (Å²) in [6.45, 7) is 4.23. The Kier molecular flexibility index (Phi) is 9.51. The van der Waals surface area contributed by atoms with E-state index in [-0.39, 0.29) is 19.1 Å². The molecule has 0 aliphatic carbocycles. The molecular formula is C31H31N5O10. The van der Waals surface area contributed by atoms with E-state index in [0.717, 1.165) is 26.3 Å². The lowest BCUT2D eigenvalue weighted by Crippen LogP contribution is -2.60. The number of carbonyl (C=O) groups excluding carboxylic acids is 5. The second-order valence-electron chi connectivity index (χ2n) is 10.5. The number of para-hydroxylation sites is 1. The van der Waals surface area contributed by atoms with E-state index >= 15 is 0 Å². The maximum Gasteiger partial charge on any atom is 0.303 e. The third kappa shape index (κ3) is 7.10. The molecule has 5 rings (SSSR count). The highest BCUT2D eigenvalue weighted by atomic mass is 16.7. The van der Waals surface area contributed by atoms with Gasteiger partial charge in [0, 0.05) is 39.5 Å². The number of esters is 4. The number of pyridine rings is 1. The number of ether oxygens (including phenoxy) is 5. The van der Waals surface area contributed by atoms with E-state index in [0.29, 0.717) is 22.6 Å². The van der Waals surface area contributed by atoms with Gasteiger partial charge in [-0.15, -0.1) is 5.10 Å². The van der Waals surface area contributed by atoms with Crippen molar-refractivity contribution in [2.45, 2.75) is 64.9 Å². The smallest absolute Gasteiger partial charge is 0.303 e. The van der Waals surface area contributed by atoms with Gasteiger partial charge in [0.1, 0.15) is 18.4 Å². The van der Waals surface area contributed by atoms with Gasteiger partial charge in [-0.3, -0.25) is 29.0 Å². The first-order valence-electron chi connectivity index (χ1n) is 14.3. The monoisotopic (exact) mass is 633 g/mol. The Labute approximate surface area is 263 Å². The van der Waals surface area contributed by atoms with Gasteiger partial charge in [0.15, 0.2) is 24.5 Å². The van der Waals surface area contributed by atoms with Crippen molar-refractivity contribution in [1.29, 1.82) is 0 Å². The number of hydrogen-bond acceptors (Lipinski definition) is 13. The summed E-state index contributed by atoms with van der Waals surface area (Å²) < 4.78 is 29.0. The summed E-state index contributed by atoms with van der Waals surface area (Å²) >= 11 is 0. The van der Waals surface area contributed by atoms with Gasteiger partial charge < -0.3 is 28.6 Å². The van der Waals surface area contributed by atoms with Crippen molar-refractivity contribution in [3.05, 3.63) is 71.8 Å². The standard InChI is InChI=1S/C31H31N5O10/c1-17(37)42-16-26-27(43-18(2)38)28(44-19(3)39)29(45-20(4)40)31(46-26)36-15-22(33-34-36)14-35-25-11-6-5-10-23(25)24(30(35)41)13-21-9-7-8-12-32-21/h5-13,15,26-29,31H,14,16H2,1-4H3/b24-13+/t26-,27-,28+,29-,31-/m1/s1. The predicted octanol–water partition coefficient (Wildman–Crippen LogP) is 2.02. The predicted molar refractivity (Wildman–Crippen MR) is 157 cm³/mol. The van der Waals surface area contributed by atoms with E-state index in [4.69, 9.17) is 23.7 Å². The van der Waals surface area contributed by atoms with E-state index in [1.54, 1.807) is 29.3 Å². The molecular weight excluding hydrogens is 602 g/mol. The van der Waals surface area contributed by atoms with Crippen molar-refractivity contribution in [2.75, 3.05) is 11.5 Å². The molecule has 1 amide bonds. The summed E-state index contributed by atoms with van der Waals surface area (Å²) in [4.78, 5) is 67.5. The number of nitrogens with zero attached hydrogens (tertiary/aromatic N) is 5. The minimum atomic E-state index is -1.37. The molecule has 1 fully saturated rings. The van der Waals surface area contributed by atoms with Crippen molar-refractivity contribution < 1.29 is 47.7 Å². The van der Waals surface area contributed by atoms with Crippen LogP contribution in [0.25, 0.3) is 11.6 Å². The zero-order valence-electron chi connectivity index (χ0n) is 25.4. The van der Waals surface area contributed by atoms with Gasteiger partial charge in [0.25, 0.3) is 5.91 Å². The molecule has 1 aromatic carbocycles. The molecule has 46 heavy (non-hydrogen) atoms. The van der Waals surface area contributed by atoms with Crippen LogP contribution in [0.2, 0.25) is 0 Å². The number of benzene rings is 1. The van der Waals surface area contributed by atoms with Crippen LogP contribution in [0, 0.1) is 0 Å². The lowest BCUT2D eigenvalue weighted by atomic mass is 9.97. The van der Waals surface area contributed by atoms with Crippen LogP contribution in [-0.2, 0) is 54.2 Å². The molecule has 3 aromatic rings. The largest absolute Gasteiger partial charge is 0.463 e. The van der Waals surface area contributed by atoms with Crippen LogP contribution in [0.5, 0.6) is 0 Å². The molecule has 15 nitrogen and oxygen atoms in total. The van der Waals surface area contributed by atoms with E-state index in [1.165, 1.54) is 17.8 Å². The van der Waals surface area contributed by atoms with Crippen molar-refractivity contribution in [1.82, 2.24) is 20.0 Å². The van der Waals surface area contributed by atoms with E-state index < -0.39 is 54.5 Å². The van der Waals surface area contributed by atoms with Crippen molar-refractivity contribution >= 4 is 47.1 Å². The lowest BCUT2D eigenvalue weighted by molar-refractivity contribution is -0.270. The van der Waals surface area contributed by atoms with Gasteiger partial charge in [-0.2, -0.15) is 0 Å². The Morgan fingerprint density at radius 2 is 1.54 bits per heavy atom. The lowest BCUT2D eigenvalue weighted by Gasteiger charge is -2.44. The van der Waals surface area contributed by atoms with Gasteiger partial charge in [-0.05, 0) is 24.3 Å². The fraction of sp³-hybridized carbons (Fsp3) is 0.355. The highest BCUT2D eigenvalue weighted by Crippen LogP contribution is 2.39. The zero-order chi connectivity index (χ0) is 33.0. The van der Waals surface area contributed by atoms with Gasteiger partial charge in [0.2, 0.25) is 0 Å². The van der Waals surface area contributed by atoms with Crippen LogP contribution in [0.1, 0.15) is 50.9 Å². The summed E-state index contributed by atoms with van der Waals surface area (Å²) in [7, 11) is 0. The molecule has 2 aliphatic rings. The molecule has 15 heteroatoms. The fourth-order valence-corrected chi connectivity index (χ4v) is 5.30. The van der Waals surface area contributed by atoms with Gasteiger partial charge in [0.05, 0.1) is 29.7 Å². The molecule has 1 saturated heterocycles. The van der Waals surface area contributed by atoms with Crippen LogP contribution in [0.15, 0.2) is 54.9 Å². The molecule has 5 atom stereocenters. The Balaban J connectivity index is 1.47. The van der Waals surface area contributed by atoms with Crippen LogP contribution in [0.4, 0.5) is 5.69 Å². The Hall–Kier alpha value is -5.44. The SMILES string of the molecule is CC(=O)OC[C@H]1O[C@@H](n2cc(CN3C(=O)/C(=C/c4ccccn4)c4ccccc43)nn2)[C@H](OC(C)=O)[C@@H](OC(C)=O)[C@@H]1OC(C)=O. The molecule has 2 aromatic heterocycles. The first-order chi connectivity index (χ1) is 22.0. The molecule has 240 valence electrons. The van der Waals surface area contributed by atoms with E-state index in [9.17, 15) is 24.0 Å². The number of hydrogen-bond donors (Lipinski definition) is 0. The zero-order valence-corrected chi connectivity index (χ0v) is 25.4. The van der Waals surface area contributed by atoms with Crippen molar-refractivity contribution in [3.8, 4) is 0 Å². The number of carbonyl (C=O) groups is 5. The van der Waals surface area contributed by atoms with E-state index in [1.807, 2.05) is 30.3 Å². The van der Waals surface area contributed by atoms with Crippen molar-refractivity contribution in [2.24, 2.45) is 0 Å². The summed E-state index contributed by atoms with van der Waals surface area (Å²) in [5.41, 5.74) is 2.81. The van der Waals surface area contributed by atoms with Crippen LogP contribution in [-0.4, -0.2) is 80.8 Å². The maximum atomic E-state index is 13.7. The number of anilines is 1. The second-order valence-corrected chi connectivity index (χ2v) is 10.5. The first kappa shape index (κ1) is 32.0. The normalized spacial score (nSPS) is 23.0. The molecule has 0 radical (unpaired) electrons. The number of amides is 1. The van der Waals surface area contributed by atoms with Gasteiger partial charge >= 0.3 is 23.9 Å². The van der Waals surface area contributed by atoms with Crippen LogP contribution >= 0.6 is 0 Å². The summed E-state index contributed by atoms with van der Waals surface area (Å²) in [6.07, 6.45) is -1.64. The summed E-state index contributed by atoms with van der Waals surface area (Å²) in [6, 6.07) is 12.7. The van der Waals surface area contributed by atoms with Crippen LogP contribution < -0.4 is 4.90 Å². The van der Waals surface area contributed by atoms with Crippen molar-refractivity contribution in [3.63, 3.8) is 0 Å². The molecule has 0 N–H and O–H groups in total. The average molecular weight is 634 g/mol. The molecule has 0 unspecified atom stereocenters. The Morgan fingerprint density at radius 3 is 2.22 bits per heavy atom. The Morgan fingerprint density at radius 1 is 0.870 bits per heavy atom. The molecule has 0 bridgehead atoms. The molecule has 4 heterocycles. The van der Waals surface area contributed by atoms with Gasteiger partial charge in [-0.1, -0.05) is 29.5 Å². The van der Waals surface area contributed by atoms with Crippen LogP contribution in [0.3, 0.4) is 0 Å². The number of aromatic nitrogens is 4. The summed E-state index contributed by atoms with van der Waals surface area (Å²) in [5, 5.41) is 8.39. The topological polar surface area (TPSA) is 178 Å². The molecule has 0 saturated carbocycles.